The molecule has 3 N–H and O–H groups in total. The Bertz CT molecular complexity index is 1340. The first-order valence-electron chi connectivity index (χ1n) is 12.0. The Hall–Kier alpha value is -3.09. The maximum Gasteiger partial charge on any atom is 0.401 e. The van der Waals surface area contributed by atoms with Crippen molar-refractivity contribution < 1.29 is 27.4 Å². The Morgan fingerprint density at radius 3 is 2.73 bits per heavy atom. The van der Waals surface area contributed by atoms with Crippen LogP contribution in [0.25, 0.3) is 22.2 Å². The van der Waals surface area contributed by atoms with Gasteiger partial charge in [-0.05, 0) is 39.3 Å². The van der Waals surface area contributed by atoms with E-state index >= 15 is 0 Å². The van der Waals surface area contributed by atoms with Gasteiger partial charge in [0.05, 0.1) is 37.0 Å². The number of aliphatic hydroxyl groups excluding tert-OH is 1. The summed E-state index contributed by atoms with van der Waals surface area (Å²) in [6.45, 7) is 4.57. The van der Waals surface area contributed by atoms with Crippen LogP contribution in [0.1, 0.15) is 37.6 Å². The second-order valence-corrected chi connectivity index (χ2v) is 9.39. The zero-order valence-corrected chi connectivity index (χ0v) is 20.7. The van der Waals surface area contributed by atoms with Gasteiger partial charge in [-0.25, -0.2) is 14.4 Å². The predicted molar refractivity (Wildman–Crippen MR) is 131 cm³/mol. The highest BCUT2D eigenvalue weighted by molar-refractivity contribution is 5.85. The quantitative estimate of drug-likeness (QED) is 0.406. The fourth-order valence-electron chi connectivity index (χ4n) is 4.56. The average Bonchev–Trinajstić information content (AvgIpc) is 2.83. The van der Waals surface area contributed by atoms with Crippen molar-refractivity contribution in [1.29, 1.82) is 0 Å². The Morgan fingerprint density at radius 1 is 1.30 bits per heavy atom. The molecule has 1 aliphatic heterocycles. The van der Waals surface area contributed by atoms with Crippen LogP contribution in [0, 0.1) is 12.7 Å². The molecular formula is C25H29F4N5O3. The lowest BCUT2D eigenvalue weighted by Gasteiger charge is -2.28. The summed E-state index contributed by atoms with van der Waals surface area (Å²) in [5.74, 6) is -0.556. The van der Waals surface area contributed by atoms with Crippen molar-refractivity contribution in [3.8, 4) is 11.3 Å². The summed E-state index contributed by atoms with van der Waals surface area (Å²) in [4.78, 5) is 21.4. The van der Waals surface area contributed by atoms with Crippen molar-refractivity contribution in [2.75, 3.05) is 25.1 Å². The number of hydrogen-bond acceptors (Lipinski definition) is 7. The molecule has 3 aromatic rings. The summed E-state index contributed by atoms with van der Waals surface area (Å²) in [6.07, 6.45) is -3.60. The standard InChI is InChI=1S/C25H29F4N5O3/c1-13(2)34-19-8-15(4-5-16(19)23(36)14(3)20(34)10-30-12-25(27,28)29)22-17(26)9-31-24(33-22)32-18-6-7-37-11-21(18)35/h4-5,8-9,13,18,21,30,35H,6-7,10-12H2,1-3H3,(H,31,32,33)/t18-,21-/m1/s1. The number of nitrogens with one attached hydrogen (secondary N) is 2. The van der Waals surface area contributed by atoms with E-state index in [1.807, 2.05) is 13.8 Å². The molecule has 0 bridgehead atoms. The first-order chi connectivity index (χ1) is 17.5. The molecule has 1 aromatic carbocycles. The molecule has 0 unspecified atom stereocenters. The van der Waals surface area contributed by atoms with Crippen molar-refractivity contribution in [3.05, 3.63) is 51.7 Å². The highest BCUT2D eigenvalue weighted by Crippen LogP contribution is 2.28. The van der Waals surface area contributed by atoms with Crippen LogP contribution in [-0.2, 0) is 11.3 Å². The van der Waals surface area contributed by atoms with E-state index in [4.69, 9.17) is 4.74 Å². The SMILES string of the molecule is Cc1c(CNCC(F)(F)F)n(C(C)C)c2cc(-c3nc(N[C@@H]4CCOC[C@H]4O)ncc3F)ccc2c1=O. The van der Waals surface area contributed by atoms with E-state index in [1.54, 1.807) is 29.7 Å². The van der Waals surface area contributed by atoms with Gasteiger partial charge in [0, 0.05) is 41.4 Å². The smallest absolute Gasteiger partial charge is 0.389 e. The molecule has 4 rings (SSSR count). The van der Waals surface area contributed by atoms with Gasteiger partial charge in [0.25, 0.3) is 0 Å². The number of benzene rings is 1. The maximum absolute atomic E-state index is 14.9. The number of aromatic nitrogens is 3. The van der Waals surface area contributed by atoms with Gasteiger partial charge < -0.3 is 25.0 Å². The largest absolute Gasteiger partial charge is 0.401 e. The number of hydrogen-bond donors (Lipinski definition) is 3. The maximum atomic E-state index is 14.9. The van der Waals surface area contributed by atoms with Crippen LogP contribution in [0.5, 0.6) is 0 Å². The zero-order chi connectivity index (χ0) is 26.9. The monoisotopic (exact) mass is 523 g/mol. The molecule has 0 saturated carbocycles. The summed E-state index contributed by atoms with van der Waals surface area (Å²) in [6, 6.07) is 4.20. The van der Waals surface area contributed by atoms with Gasteiger partial charge in [0.2, 0.25) is 5.95 Å². The number of rotatable bonds is 7. The molecule has 0 amide bonds. The topological polar surface area (TPSA) is 101 Å². The molecule has 1 saturated heterocycles. The van der Waals surface area contributed by atoms with Crippen molar-refractivity contribution in [2.45, 2.75) is 58.1 Å². The molecule has 37 heavy (non-hydrogen) atoms. The fraction of sp³-hybridized carbons (Fsp3) is 0.480. The van der Waals surface area contributed by atoms with E-state index in [1.165, 1.54) is 0 Å². The molecule has 1 aliphatic rings. The van der Waals surface area contributed by atoms with E-state index in [-0.39, 0.29) is 42.3 Å². The molecule has 2 aromatic heterocycles. The first kappa shape index (κ1) is 27.0. The van der Waals surface area contributed by atoms with Crippen LogP contribution < -0.4 is 16.1 Å². The highest BCUT2D eigenvalue weighted by Gasteiger charge is 2.27. The second-order valence-electron chi connectivity index (χ2n) is 9.39. The molecule has 0 aliphatic carbocycles. The summed E-state index contributed by atoms with van der Waals surface area (Å²) in [5.41, 5.74) is 1.28. The van der Waals surface area contributed by atoms with Gasteiger partial charge in [-0.15, -0.1) is 0 Å². The van der Waals surface area contributed by atoms with E-state index in [9.17, 15) is 27.5 Å². The summed E-state index contributed by atoms with van der Waals surface area (Å²) >= 11 is 0. The minimum Gasteiger partial charge on any atom is -0.389 e. The van der Waals surface area contributed by atoms with Gasteiger partial charge in [0.15, 0.2) is 11.2 Å². The molecule has 1 fully saturated rings. The van der Waals surface area contributed by atoms with E-state index in [2.05, 4.69) is 20.6 Å². The van der Waals surface area contributed by atoms with E-state index in [0.29, 0.717) is 40.8 Å². The van der Waals surface area contributed by atoms with Gasteiger partial charge in [-0.2, -0.15) is 13.2 Å². The molecule has 2 atom stereocenters. The van der Waals surface area contributed by atoms with Gasteiger partial charge in [-0.3, -0.25) is 4.79 Å². The number of fused-ring (bicyclic) bond motifs is 1. The number of halogens is 4. The van der Waals surface area contributed by atoms with Crippen LogP contribution in [0.15, 0.2) is 29.2 Å². The first-order valence-corrected chi connectivity index (χ1v) is 12.0. The van der Waals surface area contributed by atoms with Crippen molar-refractivity contribution >= 4 is 16.9 Å². The van der Waals surface area contributed by atoms with Gasteiger partial charge in [-0.1, -0.05) is 6.07 Å². The van der Waals surface area contributed by atoms with Crippen molar-refractivity contribution in [3.63, 3.8) is 0 Å². The number of alkyl halides is 3. The number of anilines is 1. The highest BCUT2D eigenvalue weighted by atomic mass is 19.4. The van der Waals surface area contributed by atoms with Gasteiger partial charge in [0.1, 0.15) is 5.69 Å². The van der Waals surface area contributed by atoms with Crippen molar-refractivity contribution in [1.82, 2.24) is 19.9 Å². The lowest BCUT2D eigenvalue weighted by atomic mass is 10.0. The van der Waals surface area contributed by atoms with Crippen LogP contribution in [0.3, 0.4) is 0 Å². The molecule has 0 spiro atoms. The van der Waals surface area contributed by atoms with Crippen LogP contribution in [-0.4, -0.2) is 57.7 Å². The van der Waals surface area contributed by atoms with Crippen LogP contribution in [0.2, 0.25) is 0 Å². The normalized spacial score (nSPS) is 18.5. The molecule has 3 heterocycles. The third-order valence-electron chi connectivity index (χ3n) is 6.36. The summed E-state index contributed by atoms with van der Waals surface area (Å²) in [7, 11) is 0. The Morgan fingerprint density at radius 2 is 2.05 bits per heavy atom. The lowest BCUT2D eigenvalue weighted by molar-refractivity contribution is -0.125. The van der Waals surface area contributed by atoms with E-state index in [0.717, 1.165) is 6.20 Å². The number of nitrogens with zero attached hydrogens (tertiary/aromatic N) is 3. The third-order valence-corrected chi connectivity index (χ3v) is 6.36. The number of ether oxygens (including phenoxy) is 1. The second kappa shape index (κ2) is 10.7. The minimum absolute atomic E-state index is 0.0129. The number of pyridine rings is 1. The summed E-state index contributed by atoms with van der Waals surface area (Å²) in [5, 5.41) is 15.9. The molecular weight excluding hydrogens is 494 g/mol. The van der Waals surface area contributed by atoms with Crippen LogP contribution in [0.4, 0.5) is 23.5 Å². The van der Waals surface area contributed by atoms with Gasteiger partial charge >= 0.3 is 6.18 Å². The minimum atomic E-state index is -4.39. The lowest BCUT2D eigenvalue weighted by Crippen LogP contribution is -2.42. The zero-order valence-electron chi connectivity index (χ0n) is 20.7. The van der Waals surface area contributed by atoms with Crippen molar-refractivity contribution in [2.24, 2.45) is 0 Å². The predicted octanol–water partition coefficient (Wildman–Crippen LogP) is 3.70. The number of aliphatic hydroxyl groups is 1. The molecule has 200 valence electrons. The molecule has 12 heteroatoms. The Balaban J connectivity index is 1.77. The molecule has 8 nitrogen and oxygen atoms in total. The Kier molecular flexibility index (Phi) is 7.81. The van der Waals surface area contributed by atoms with E-state index < -0.39 is 24.6 Å². The summed E-state index contributed by atoms with van der Waals surface area (Å²) < 4.78 is 60.1. The Labute approximate surface area is 210 Å². The fourth-order valence-corrected chi connectivity index (χ4v) is 4.56. The average molecular weight is 524 g/mol. The molecule has 0 radical (unpaired) electrons. The van der Waals surface area contributed by atoms with Crippen LogP contribution >= 0.6 is 0 Å². The third kappa shape index (κ3) is 5.91.